The summed E-state index contributed by atoms with van der Waals surface area (Å²) in [6.07, 6.45) is 5.94. The van der Waals surface area contributed by atoms with Crippen LogP contribution in [0.25, 0.3) is 28.2 Å². The Morgan fingerprint density at radius 1 is 1.28 bits per heavy atom. The Morgan fingerprint density at radius 3 is 2.81 bits per heavy atom. The first-order chi connectivity index (χ1) is 17.3. The number of amides is 1. The second-order valence-electron chi connectivity index (χ2n) is 8.83. The van der Waals surface area contributed by atoms with Crippen molar-refractivity contribution < 1.29 is 19.0 Å². The number of phenols is 1. The van der Waals surface area contributed by atoms with E-state index in [1.807, 2.05) is 11.8 Å². The first-order valence-corrected chi connectivity index (χ1v) is 11.5. The molecule has 5 rings (SSSR count). The molecule has 1 amide bonds. The van der Waals surface area contributed by atoms with Gasteiger partial charge in [0.2, 0.25) is 5.91 Å². The largest absolute Gasteiger partial charge is 0.507 e. The third-order valence-corrected chi connectivity index (χ3v) is 6.63. The lowest BCUT2D eigenvalue weighted by Gasteiger charge is -2.44. The number of aromatic hydroxyl groups is 1. The summed E-state index contributed by atoms with van der Waals surface area (Å²) < 4.78 is 22.4. The molecule has 9 heteroatoms. The van der Waals surface area contributed by atoms with E-state index in [4.69, 9.17) is 4.74 Å². The van der Waals surface area contributed by atoms with E-state index >= 15 is 0 Å². The van der Waals surface area contributed by atoms with Crippen molar-refractivity contribution in [2.24, 2.45) is 0 Å². The summed E-state index contributed by atoms with van der Waals surface area (Å²) in [6.45, 7) is 10.2. The van der Waals surface area contributed by atoms with E-state index in [1.165, 1.54) is 41.1 Å². The number of anilines is 1. The van der Waals surface area contributed by atoms with Crippen LogP contribution in [0.15, 0.2) is 66.5 Å². The lowest BCUT2D eigenvalue weighted by molar-refractivity contribution is -0.129. The van der Waals surface area contributed by atoms with Gasteiger partial charge in [-0.25, -0.2) is 9.18 Å². The molecule has 2 aromatic carbocycles. The summed E-state index contributed by atoms with van der Waals surface area (Å²) in [7, 11) is 0. The molecule has 0 unspecified atom stereocenters. The van der Waals surface area contributed by atoms with Crippen molar-refractivity contribution >= 4 is 28.8 Å². The van der Waals surface area contributed by atoms with Crippen molar-refractivity contribution in [3.05, 3.63) is 78.0 Å². The van der Waals surface area contributed by atoms with Crippen molar-refractivity contribution in [3.63, 3.8) is 0 Å². The van der Waals surface area contributed by atoms with E-state index in [0.717, 1.165) is 0 Å². The Morgan fingerprint density at radius 2 is 2.08 bits per heavy atom. The fraction of sp³-hybridized carbons (Fsp3) is 0.222. The molecule has 3 aromatic rings. The fourth-order valence-corrected chi connectivity index (χ4v) is 4.92. The van der Waals surface area contributed by atoms with Crippen molar-refractivity contribution in [2.45, 2.75) is 19.0 Å². The summed E-state index contributed by atoms with van der Waals surface area (Å²) in [4.78, 5) is 33.8. The van der Waals surface area contributed by atoms with Gasteiger partial charge in [0.15, 0.2) is 0 Å². The summed E-state index contributed by atoms with van der Waals surface area (Å²) in [6, 6.07) is 6.94. The average Bonchev–Trinajstić information content (AvgIpc) is 3.00. The number of carbonyl (C=O) groups excluding carboxylic acids is 1. The standard InChI is InChI=1S/C27H25FN4O4/c1-4-6-10-30-20-11-17(24-19(28)8-7-9-21(24)33)12-22-25(20)26(29-27(30)35)32-13-16(3)31(23(34)5-2)14-18(32)15-36-22/h4-12,16,18,33H,1-2,13-15H2,3H3/b10-6+/t16-,18-/m0/s1. The molecule has 0 radical (unpaired) electrons. The number of ether oxygens (including phenoxy) is 1. The fourth-order valence-electron chi connectivity index (χ4n) is 4.92. The van der Waals surface area contributed by atoms with Gasteiger partial charge in [0.05, 0.1) is 22.5 Å². The van der Waals surface area contributed by atoms with E-state index in [-0.39, 0.29) is 35.9 Å². The Hall–Kier alpha value is -4.40. The lowest BCUT2D eigenvalue weighted by Crippen LogP contribution is -2.60. The molecule has 0 spiro atoms. The molecule has 2 aliphatic rings. The molecular formula is C27H25FN4O4. The third-order valence-electron chi connectivity index (χ3n) is 6.63. The van der Waals surface area contributed by atoms with Gasteiger partial charge < -0.3 is 19.6 Å². The molecule has 0 saturated carbocycles. The van der Waals surface area contributed by atoms with Gasteiger partial charge in [0.1, 0.15) is 29.7 Å². The van der Waals surface area contributed by atoms with E-state index in [2.05, 4.69) is 18.1 Å². The minimum Gasteiger partial charge on any atom is -0.507 e. The predicted molar refractivity (Wildman–Crippen MR) is 137 cm³/mol. The van der Waals surface area contributed by atoms with Crippen LogP contribution in [-0.2, 0) is 4.79 Å². The quantitative estimate of drug-likeness (QED) is 0.447. The molecule has 2 atom stereocenters. The van der Waals surface area contributed by atoms with Gasteiger partial charge in [-0.05, 0) is 48.9 Å². The first-order valence-electron chi connectivity index (χ1n) is 11.5. The van der Waals surface area contributed by atoms with Crippen molar-refractivity contribution in [1.29, 1.82) is 0 Å². The minimum atomic E-state index is -0.607. The number of carbonyl (C=O) groups is 1. The van der Waals surface area contributed by atoms with Crippen LogP contribution < -0.4 is 15.3 Å². The number of piperazine rings is 1. The molecule has 2 aliphatic heterocycles. The second kappa shape index (κ2) is 8.99. The monoisotopic (exact) mass is 488 g/mol. The van der Waals surface area contributed by atoms with Crippen molar-refractivity contribution in [2.75, 3.05) is 24.6 Å². The number of aromatic nitrogens is 2. The van der Waals surface area contributed by atoms with Crippen LogP contribution >= 0.6 is 0 Å². The summed E-state index contributed by atoms with van der Waals surface area (Å²) in [5, 5.41) is 11.0. The van der Waals surface area contributed by atoms with Crippen LogP contribution in [0.4, 0.5) is 10.2 Å². The predicted octanol–water partition coefficient (Wildman–Crippen LogP) is 3.55. The summed E-state index contributed by atoms with van der Waals surface area (Å²) in [5.41, 5.74) is 0.260. The van der Waals surface area contributed by atoms with E-state index in [0.29, 0.717) is 41.1 Å². The molecule has 1 aromatic heterocycles. The van der Waals surface area contributed by atoms with Gasteiger partial charge in [0, 0.05) is 25.3 Å². The molecule has 36 heavy (non-hydrogen) atoms. The zero-order valence-electron chi connectivity index (χ0n) is 19.7. The smallest absolute Gasteiger partial charge is 0.354 e. The van der Waals surface area contributed by atoms with E-state index in [9.17, 15) is 19.1 Å². The highest BCUT2D eigenvalue weighted by atomic mass is 19.1. The topological polar surface area (TPSA) is 87.9 Å². The molecule has 3 heterocycles. The first kappa shape index (κ1) is 23.3. The maximum Gasteiger partial charge on any atom is 0.354 e. The van der Waals surface area contributed by atoms with Crippen LogP contribution in [-0.4, -0.2) is 57.2 Å². The normalized spacial score (nSPS) is 19.1. The average molecular weight is 489 g/mol. The number of phenolic OH excluding ortho intramolecular Hbond substituents is 1. The highest BCUT2D eigenvalue weighted by Gasteiger charge is 2.38. The number of halogens is 1. The number of fused-ring (bicyclic) bond motifs is 2. The zero-order chi connectivity index (χ0) is 25.6. The number of rotatable bonds is 4. The van der Waals surface area contributed by atoms with Gasteiger partial charge in [-0.1, -0.05) is 25.3 Å². The van der Waals surface area contributed by atoms with Gasteiger partial charge in [-0.2, -0.15) is 4.98 Å². The molecule has 0 bridgehead atoms. The third kappa shape index (κ3) is 3.73. The number of hydrogen-bond donors (Lipinski definition) is 1. The van der Waals surface area contributed by atoms with Crippen LogP contribution in [0.2, 0.25) is 0 Å². The minimum absolute atomic E-state index is 0.00246. The molecule has 1 fully saturated rings. The molecule has 184 valence electrons. The molecule has 0 aliphatic carbocycles. The Balaban J connectivity index is 1.77. The number of nitrogens with zero attached hydrogens (tertiary/aromatic N) is 4. The Labute approximate surface area is 206 Å². The van der Waals surface area contributed by atoms with Gasteiger partial charge in [0.25, 0.3) is 0 Å². The van der Waals surface area contributed by atoms with Crippen molar-refractivity contribution in [1.82, 2.24) is 14.5 Å². The Bertz CT molecular complexity index is 1480. The van der Waals surface area contributed by atoms with E-state index in [1.54, 1.807) is 23.1 Å². The van der Waals surface area contributed by atoms with Crippen molar-refractivity contribution in [3.8, 4) is 22.6 Å². The van der Waals surface area contributed by atoms with Crippen LogP contribution in [0.1, 0.15) is 6.92 Å². The highest BCUT2D eigenvalue weighted by Crippen LogP contribution is 2.42. The molecule has 1 N–H and O–H groups in total. The summed E-state index contributed by atoms with van der Waals surface area (Å²) in [5.74, 6) is -0.173. The zero-order valence-corrected chi connectivity index (χ0v) is 19.7. The van der Waals surface area contributed by atoms with Gasteiger partial charge >= 0.3 is 5.69 Å². The maximum atomic E-state index is 14.8. The second-order valence-corrected chi connectivity index (χ2v) is 8.83. The van der Waals surface area contributed by atoms with Crippen LogP contribution in [0, 0.1) is 5.82 Å². The van der Waals surface area contributed by atoms with E-state index < -0.39 is 11.5 Å². The summed E-state index contributed by atoms with van der Waals surface area (Å²) >= 11 is 0. The van der Waals surface area contributed by atoms with Crippen LogP contribution in [0.5, 0.6) is 11.5 Å². The lowest BCUT2D eigenvalue weighted by atomic mass is 10.0. The molecular weight excluding hydrogens is 463 g/mol. The molecule has 8 nitrogen and oxygen atoms in total. The van der Waals surface area contributed by atoms with Gasteiger partial charge in [-0.15, -0.1) is 0 Å². The Kier molecular flexibility index (Phi) is 5.83. The van der Waals surface area contributed by atoms with Gasteiger partial charge in [-0.3, -0.25) is 9.36 Å². The molecule has 1 saturated heterocycles. The highest BCUT2D eigenvalue weighted by molar-refractivity contribution is 6.00. The number of allylic oxidation sites excluding steroid dienone is 2. The van der Waals surface area contributed by atoms with Crippen LogP contribution in [0.3, 0.4) is 0 Å². The number of benzene rings is 2. The number of hydrogen-bond acceptors (Lipinski definition) is 6. The SMILES string of the molecule is C=C/C=C/n1c(=O)nc2c3c(cc(-c4c(O)cccc4F)cc31)OC[C@@H]1CN(C(=O)C=C)[C@@H](C)CN21. The maximum absolute atomic E-state index is 14.8.